The van der Waals surface area contributed by atoms with Crippen LogP contribution in [0, 0.1) is 13.8 Å². The number of aryl methyl sites for hydroxylation is 2. The van der Waals surface area contributed by atoms with E-state index in [2.05, 4.69) is 11.4 Å². The number of nitrogens with one attached hydrogen (secondary N) is 1. The van der Waals surface area contributed by atoms with E-state index >= 15 is 0 Å². The Kier molecular flexibility index (Phi) is 4.07. The highest BCUT2D eigenvalue weighted by atomic mass is 32.1. The fourth-order valence-electron chi connectivity index (χ4n) is 2.56. The Morgan fingerprint density at radius 1 is 0.955 bits per heavy atom. The summed E-state index contributed by atoms with van der Waals surface area (Å²) in [6.45, 7) is 4.06. The first-order valence-electron chi connectivity index (χ1n) is 7.16. The first-order valence-corrected chi connectivity index (χ1v) is 8.04. The summed E-state index contributed by atoms with van der Waals surface area (Å²) in [6.07, 6.45) is 0. The Labute approximate surface area is 134 Å². The van der Waals surface area contributed by atoms with Crippen molar-refractivity contribution in [2.75, 3.05) is 5.32 Å². The van der Waals surface area contributed by atoms with E-state index in [9.17, 15) is 4.79 Å². The summed E-state index contributed by atoms with van der Waals surface area (Å²) in [6, 6.07) is 18.1. The second-order valence-corrected chi connectivity index (χ2v) is 6.28. The predicted molar refractivity (Wildman–Crippen MR) is 93.6 cm³/mol. The molecular weight excluding hydrogens is 290 g/mol. The zero-order valence-electron chi connectivity index (χ0n) is 12.6. The smallest absolute Gasteiger partial charge is 0.266 e. The van der Waals surface area contributed by atoms with Crippen molar-refractivity contribution in [1.82, 2.24) is 0 Å². The van der Waals surface area contributed by atoms with Gasteiger partial charge in [-0.15, -0.1) is 11.3 Å². The Bertz CT molecular complexity index is 785. The van der Waals surface area contributed by atoms with Gasteiger partial charge in [-0.3, -0.25) is 4.79 Å². The lowest BCUT2D eigenvalue weighted by molar-refractivity contribution is 0.103. The molecule has 2 nitrogen and oxygen atoms in total. The summed E-state index contributed by atoms with van der Waals surface area (Å²) >= 11 is 1.47. The van der Waals surface area contributed by atoms with Gasteiger partial charge in [0.25, 0.3) is 5.91 Å². The second kappa shape index (κ2) is 6.16. The molecular formula is C19H17NOS. The first kappa shape index (κ1) is 14.5. The predicted octanol–water partition coefficient (Wildman–Crippen LogP) is 5.28. The molecule has 0 aliphatic rings. The van der Waals surface area contributed by atoms with E-state index in [4.69, 9.17) is 0 Å². The fraction of sp³-hybridized carbons (Fsp3) is 0.105. The van der Waals surface area contributed by atoms with E-state index in [0.717, 1.165) is 32.8 Å². The van der Waals surface area contributed by atoms with Crippen LogP contribution >= 0.6 is 11.3 Å². The molecule has 110 valence electrons. The maximum Gasteiger partial charge on any atom is 0.266 e. The van der Waals surface area contributed by atoms with Crippen LogP contribution in [-0.2, 0) is 0 Å². The van der Waals surface area contributed by atoms with Crippen molar-refractivity contribution in [3.63, 3.8) is 0 Å². The van der Waals surface area contributed by atoms with Crippen LogP contribution < -0.4 is 5.32 Å². The number of anilines is 1. The number of carbonyl (C=O) groups is 1. The third-order valence-corrected chi connectivity index (χ3v) is 4.35. The molecule has 2 aromatic carbocycles. The minimum absolute atomic E-state index is 0.0566. The third-order valence-electron chi connectivity index (χ3n) is 3.44. The molecule has 0 fully saturated rings. The molecule has 0 bridgehead atoms. The highest BCUT2D eigenvalue weighted by Crippen LogP contribution is 2.29. The van der Waals surface area contributed by atoms with Crippen LogP contribution in [0.4, 0.5) is 5.69 Å². The van der Waals surface area contributed by atoms with E-state index in [1.807, 2.05) is 67.8 Å². The van der Waals surface area contributed by atoms with Crippen molar-refractivity contribution in [2.45, 2.75) is 13.8 Å². The van der Waals surface area contributed by atoms with Gasteiger partial charge in [-0.1, -0.05) is 36.4 Å². The average molecular weight is 307 g/mol. The Hall–Kier alpha value is -2.39. The number of benzene rings is 2. The maximum absolute atomic E-state index is 12.6. The topological polar surface area (TPSA) is 29.1 Å². The summed E-state index contributed by atoms with van der Waals surface area (Å²) < 4.78 is 0. The third kappa shape index (κ3) is 3.10. The summed E-state index contributed by atoms with van der Waals surface area (Å²) in [4.78, 5) is 13.3. The highest BCUT2D eigenvalue weighted by molar-refractivity contribution is 7.12. The van der Waals surface area contributed by atoms with Crippen LogP contribution in [-0.4, -0.2) is 5.91 Å². The molecule has 0 aliphatic heterocycles. The van der Waals surface area contributed by atoms with Crippen molar-refractivity contribution < 1.29 is 4.79 Å². The van der Waals surface area contributed by atoms with Gasteiger partial charge in [-0.2, -0.15) is 0 Å². The lowest BCUT2D eigenvalue weighted by Gasteiger charge is -2.08. The number of thiophene rings is 1. The molecule has 0 unspecified atom stereocenters. The lowest BCUT2D eigenvalue weighted by Crippen LogP contribution is -2.11. The van der Waals surface area contributed by atoms with Gasteiger partial charge in [0.2, 0.25) is 0 Å². The van der Waals surface area contributed by atoms with E-state index in [0.29, 0.717) is 0 Å². The monoisotopic (exact) mass is 307 g/mol. The van der Waals surface area contributed by atoms with Gasteiger partial charge in [0.1, 0.15) is 0 Å². The van der Waals surface area contributed by atoms with Gasteiger partial charge in [0.05, 0.1) is 4.88 Å². The van der Waals surface area contributed by atoms with E-state index in [-0.39, 0.29) is 5.91 Å². The summed E-state index contributed by atoms with van der Waals surface area (Å²) in [7, 11) is 0. The van der Waals surface area contributed by atoms with Crippen molar-refractivity contribution in [3.8, 4) is 11.1 Å². The summed E-state index contributed by atoms with van der Waals surface area (Å²) in [5, 5.41) is 4.96. The van der Waals surface area contributed by atoms with E-state index in [1.54, 1.807) is 0 Å². The number of amides is 1. The largest absolute Gasteiger partial charge is 0.321 e. The Balaban J connectivity index is 1.89. The van der Waals surface area contributed by atoms with Gasteiger partial charge < -0.3 is 5.32 Å². The fourth-order valence-corrected chi connectivity index (χ4v) is 3.38. The molecule has 0 aliphatic carbocycles. The molecule has 22 heavy (non-hydrogen) atoms. The van der Waals surface area contributed by atoms with Crippen LogP contribution in [0.5, 0.6) is 0 Å². The molecule has 3 heteroatoms. The second-order valence-electron chi connectivity index (χ2n) is 5.36. The van der Waals surface area contributed by atoms with Crippen LogP contribution in [0.15, 0.2) is 60.0 Å². The molecule has 1 aromatic heterocycles. The minimum Gasteiger partial charge on any atom is -0.321 e. The first-order chi connectivity index (χ1) is 10.6. The Morgan fingerprint density at radius 3 is 2.32 bits per heavy atom. The summed E-state index contributed by atoms with van der Waals surface area (Å²) in [5.74, 6) is -0.0566. The van der Waals surface area contributed by atoms with E-state index in [1.165, 1.54) is 11.3 Å². The standard InChI is InChI=1S/C19H17NOS/c1-13-10-14(2)12-16(11-13)20-19(21)18-17(8-9-22-18)15-6-4-3-5-7-15/h3-12H,1-2H3,(H,20,21). The molecule has 1 heterocycles. The van der Waals surface area contributed by atoms with Gasteiger partial charge >= 0.3 is 0 Å². The molecule has 1 amide bonds. The molecule has 0 atom stereocenters. The lowest BCUT2D eigenvalue weighted by atomic mass is 10.1. The number of hydrogen-bond donors (Lipinski definition) is 1. The number of rotatable bonds is 3. The van der Waals surface area contributed by atoms with Crippen LogP contribution in [0.25, 0.3) is 11.1 Å². The quantitative estimate of drug-likeness (QED) is 0.700. The van der Waals surface area contributed by atoms with Crippen molar-refractivity contribution >= 4 is 22.9 Å². The van der Waals surface area contributed by atoms with Crippen LogP contribution in [0.1, 0.15) is 20.8 Å². The van der Waals surface area contributed by atoms with Gasteiger partial charge in [0, 0.05) is 11.3 Å². The highest BCUT2D eigenvalue weighted by Gasteiger charge is 2.14. The zero-order chi connectivity index (χ0) is 15.5. The molecule has 0 radical (unpaired) electrons. The molecule has 0 spiro atoms. The van der Waals surface area contributed by atoms with Crippen LogP contribution in [0.2, 0.25) is 0 Å². The average Bonchev–Trinajstić information content (AvgIpc) is 2.96. The summed E-state index contributed by atoms with van der Waals surface area (Å²) in [5.41, 5.74) is 5.17. The SMILES string of the molecule is Cc1cc(C)cc(NC(=O)c2sccc2-c2ccccc2)c1. The van der Waals surface area contributed by atoms with Gasteiger partial charge in [-0.25, -0.2) is 0 Å². The van der Waals surface area contributed by atoms with E-state index < -0.39 is 0 Å². The van der Waals surface area contributed by atoms with Gasteiger partial charge in [0.15, 0.2) is 0 Å². The molecule has 3 aromatic rings. The van der Waals surface area contributed by atoms with Crippen molar-refractivity contribution in [1.29, 1.82) is 0 Å². The van der Waals surface area contributed by atoms with Crippen LogP contribution in [0.3, 0.4) is 0 Å². The minimum atomic E-state index is -0.0566. The van der Waals surface area contributed by atoms with Gasteiger partial charge in [-0.05, 0) is 54.1 Å². The molecule has 1 N–H and O–H groups in total. The van der Waals surface area contributed by atoms with Crippen molar-refractivity contribution in [2.24, 2.45) is 0 Å². The Morgan fingerprint density at radius 2 is 1.64 bits per heavy atom. The zero-order valence-corrected chi connectivity index (χ0v) is 13.4. The number of carbonyl (C=O) groups excluding carboxylic acids is 1. The van der Waals surface area contributed by atoms with Crippen molar-refractivity contribution in [3.05, 3.63) is 76.0 Å². The normalized spacial score (nSPS) is 10.5. The molecule has 3 rings (SSSR count). The number of hydrogen-bond acceptors (Lipinski definition) is 2. The maximum atomic E-state index is 12.6. The molecule has 0 saturated carbocycles. The molecule has 0 saturated heterocycles.